The Hall–Kier alpha value is -3.11. The Morgan fingerprint density at radius 3 is 2.64 bits per heavy atom. The number of nitrogens with zero attached hydrogens (tertiary/aromatic N) is 4. The first-order valence-corrected chi connectivity index (χ1v) is 15.4. The number of pyridine rings is 1. The topological polar surface area (TPSA) is 108 Å². The smallest absolute Gasteiger partial charge is 0.157 e. The molecule has 3 heterocycles. The first-order chi connectivity index (χ1) is 18.3. The van der Waals surface area contributed by atoms with E-state index in [9.17, 15) is 17.9 Å². The third-order valence-electron chi connectivity index (χ3n) is 7.96. The monoisotopic (exact) mass is 553 g/mol. The van der Waals surface area contributed by atoms with Gasteiger partial charge in [-0.25, -0.2) is 27.8 Å². The van der Waals surface area contributed by atoms with Crippen LogP contribution in [-0.4, -0.2) is 64.8 Å². The van der Waals surface area contributed by atoms with Crippen LogP contribution in [0.5, 0.6) is 0 Å². The van der Waals surface area contributed by atoms with Crippen molar-refractivity contribution >= 4 is 43.5 Å². The minimum absolute atomic E-state index is 0.110. The zero-order valence-corrected chi connectivity index (χ0v) is 23.8. The molecule has 4 atom stereocenters. The maximum atomic E-state index is 14.7. The largest absolute Gasteiger partial charge is 0.389 e. The summed E-state index contributed by atoms with van der Waals surface area (Å²) in [6.07, 6.45) is 5.98. The zero-order chi connectivity index (χ0) is 28.1. The molecule has 1 saturated heterocycles. The highest BCUT2D eigenvalue weighted by Crippen LogP contribution is 2.40. The summed E-state index contributed by atoms with van der Waals surface area (Å²) in [5.41, 5.74) is 1.10. The van der Waals surface area contributed by atoms with Crippen molar-refractivity contribution in [3.63, 3.8) is 0 Å². The van der Waals surface area contributed by atoms with Gasteiger partial charge in [0.2, 0.25) is 0 Å². The van der Waals surface area contributed by atoms with Gasteiger partial charge >= 0.3 is 0 Å². The van der Waals surface area contributed by atoms with Gasteiger partial charge in [-0.15, -0.1) is 0 Å². The molecule has 0 unspecified atom stereocenters. The van der Waals surface area contributed by atoms with Crippen molar-refractivity contribution in [2.45, 2.75) is 64.3 Å². The average Bonchev–Trinajstić information content (AvgIpc) is 2.86. The Morgan fingerprint density at radius 2 is 1.97 bits per heavy atom. The number of aliphatic hydroxyl groups excluding tert-OH is 1. The quantitative estimate of drug-likeness (QED) is 0.420. The Balaban J connectivity index is 1.44. The van der Waals surface area contributed by atoms with Crippen molar-refractivity contribution in [1.29, 1.82) is 0 Å². The van der Waals surface area contributed by atoms with Crippen molar-refractivity contribution < 1.29 is 17.9 Å². The molecule has 8 nitrogen and oxygen atoms in total. The van der Waals surface area contributed by atoms with E-state index in [1.165, 1.54) is 24.8 Å². The number of hydrogen-bond acceptors (Lipinski definition) is 8. The van der Waals surface area contributed by atoms with Crippen LogP contribution in [0.15, 0.2) is 42.7 Å². The van der Waals surface area contributed by atoms with Crippen molar-refractivity contribution in [3.05, 3.63) is 54.1 Å². The van der Waals surface area contributed by atoms with Gasteiger partial charge in [0.05, 0.1) is 11.9 Å². The fourth-order valence-electron chi connectivity index (χ4n) is 5.63. The number of hydrogen-bond donors (Lipinski definition) is 2. The predicted molar refractivity (Wildman–Crippen MR) is 154 cm³/mol. The maximum Gasteiger partial charge on any atom is 0.157 e. The van der Waals surface area contributed by atoms with Gasteiger partial charge in [0.15, 0.2) is 11.5 Å². The summed E-state index contributed by atoms with van der Waals surface area (Å²) in [6.45, 7) is 8.44. The van der Waals surface area contributed by atoms with Gasteiger partial charge in [0.1, 0.15) is 21.5 Å². The molecule has 0 saturated carbocycles. The molecular formula is C29H36FN5O3S. The van der Waals surface area contributed by atoms with Crippen LogP contribution < -0.4 is 10.2 Å². The standard InChI is InChI=1S/C29H36FN5O3S/c1-17(2)21-7-8-24(35-15-20(18(35)3)16-39(5,37)38)23-14-32-27(12-22(21)23)33-26-10-11-31-28(34-26)19-6-9-25(36)29(4,30)13-19/h7-8,10-14,17-18,20,25,36H,6,9,15-16H2,1-5H3,(H,31,32,33,34)/t18-,20-,25-,29+/m1/s1. The summed E-state index contributed by atoms with van der Waals surface area (Å²) in [5.74, 6) is 2.19. The fraction of sp³-hybridized carbons (Fsp3) is 0.483. The summed E-state index contributed by atoms with van der Waals surface area (Å²) in [7, 11) is -3.03. The van der Waals surface area contributed by atoms with E-state index in [-0.39, 0.29) is 23.6 Å². The molecule has 2 aliphatic rings. The van der Waals surface area contributed by atoms with E-state index < -0.39 is 21.6 Å². The lowest BCUT2D eigenvalue weighted by Crippen LogP contribution is -2.57. The lowest BCUT2D eigenvalue weighted by molar-refractivity contribution is 0.0284. The highest BCUT2D eigenvalue weighted by atomic mass is 32.2. The number of allylic oxidation sites excluding steroid dienone is 1. The van der Waals surface area contributed by atoms with Crippen LogP contribution in [0.4, 0.5) is 21.7 Å². The number of fused-ring (bicyclic) bond motifs is 1. The minimum atomic E-state index is -3.03. The second-order valence-electron chi connectivity index (χ2n) is 11.5. The molecule has 3 aromatic rings. The molecule has 1 aliphatic heterocycles. The van der Waals surface area contributed by atoms with Crippen molar-refractivity contribution in [2.75, 3.05) is 28.8 Å². The fourth-order valence-corrected chi connectivity index (χ4v) is 6.79. The second kappa shape index (κ2) is 10.1. The van der Waals surface area contributed by atoms with Gasteiger partial charge in [-0.05, 0) is 73.4 Å². The Labute approximate surface area is 229 Å². The number of rotatable bonds is 7. The van der Waals surface area contributed by atoms with E-state index in [0.717, 1.165) is 16.5 Å². The van der Waals surface area contributed by atoms with E-state index in [4.69, 9.17) is 0 Å². The van der Waals surface area contributed by atoms with E-state index in [1.54, 1.807) is 12.3 Å². The molecule has 0 radical (unpaired) electrons. The molecule has 2 N–H and O–H groups in total. The molecule has 0 amide bonds. The Bertz CT molecular complexity index is 1540. The van der Waals surface area contributed by atoms with Crippen molar-refractivity contribution in [3.8, 4) is 0 Å². The first-order valence-electron chi connectivity index (χ1n) is 13.4. The molecule has 1 fully saturated rings. The van der Waals surface area contributed by atoms with Gasteiger partial charge in [-0.3, -0.25) is 0 Å². The van der Waals surface area contributed by atoms with E-state index in [0.29, 0.717) is 42.4 Å². The summed E-state index contributed by atoms with van der Waals surface area (Å²) in [5, 5.41) is 15.3. The molecule has 5 rings (SSSR count). The van der Waals surface area contributed by atoms with Crippen molar-refractivity contribution in [1.82, 2.24) is 15.0 Å². The number of nitrogens with one attached hydrogen (secondary N) is 1. The molecular weight excluding hydrogens is 517 g/mol. The number of halogens is 1. The number of aromatic nitrogens is 3. The predicted octanol–water partition coefficient (Wildman–Crippen LogP) is 5.03. The molecule has 1 aliphatic carbocycles. The Kier molecular flexibility index (Phi) is 7.13. The molecule has 39 heavy (non-hydrogen) atoms. The molecule has 1 aromatic carbocycles. The molecule has 0 bridgehead atoms. The van der Waals surface area contributed by atoms with Gasteiger partial charge in [0.25, 0.3) is 0 Å². The summed E-state index contributed by atoms with van der Waals surface area (Å²) >= 11 is 0. The zero-order valence-electron chi connectivity index (χ0n) is 23.0. The summed E-state index contributed by atoms with van der Waals surface area (Å²) in [6, 6.07) is 8.13. The third kappa shape index (κ3) is 5.63. The summed E-state index contributed by atoms with van der Waals surface area (Å²) < 4.78 is 38.3. The van der Waals surface area contributed by atoms with Crippen LogP contribution in [0.1, 0.15) is 57.8 Å². The first kappa shape index (κ1) is 27.5. The van der Waals surface area contributed by atoms with Crippen molar-refractivity contribution in [2.24, 2.45) is 5.92 Å². The average molecular weight is 554 g/mol. The van der Waals surface area contributed by atoms with Crippen LogP contribution in [0.2, 0.25) is 0 Å². The highest BCUT2D eigenvalue weighted by molar-refractivity contribution is 7.90. The number of anilines is 3. The number of benzene rings is 1. The molecule has 0 spiro atoms. The highest BCUT2D eigenvalue weighted by Gasteiger charge is 2.38. The second-order valence-corrected chi connectivity index (χ2v) is 13.6. The maximum absolute atomic E-state index is 14.7. The van der Waals surface area contributed by atoms with Crippen LogP contribution in [0, 0.1) is 5.92 Å². The van der Waals surface area contributed by atoms with Crippen LogP contribution >= 0.6 is 0 Å². The van der Waals surface area contributed by atoms with Crippen LogP contribution in [0.25, 0.3) is 16.3 Å². The summed E-state index contributed by atoms with van der Waals surface area (Å²) in [4.78, 5) is 15.9. The third-order valence-corrected chi connectivity index (χ3v) is 8.99. The van der Waals surface area contributed by atoms with Crippen LogP contribution in [-0.2, 0) is 9.84 Å². The SMILES string of the molecule is CC(C)c1ccc(N2C[C@H](CS(C)(=O)=O)[C@H]2C)c2cnc(Nc3ccnc(C4=C[C@](C)(F)[C@H](O)CC4)n3)cc12. The Morgan fingerprint density at radius 1 is 1.21 bits per heavy atom. The van der Waals surface area contributed by atoms with Gasteiger partial charge < -0.3 is 15.3 Å². The van der Waals surface area contributed by atoms with Gasteiger partial charge in [-0.1, -0.05) is 19.9 Å². The number of aliphatic hydroxyl groups is 1. The minimum Gasteiger partial charge on any atom is -0.389 e. The van der Waals surface area contributed by atoms with E-state index >= 15 is 0 Å². The van der Waals surface area contributed by atoms with Gasteiger partial charge in [0, 0.05) is 48.2 Å². The van der Waals surface area contributed by atoms with E-state index in [2.05, 4.69) is 58.1 Å². The molecule has 2 aromatic heterocycles. The normalized spacial score (nSPS) is 25.5. The van der Waals surface area contributed by atoms with Crippen LogP contribution in [0.3, 0.4) is 0 Å². The van der Waals surface area contributed by atoms with Gasteiger partial charge in [-0.2, -0.15) is 0 Å². The van der Waals surface area contributed by atoms with E-state index in [1.807, 2.05) is 12.3 Å². The molecule has 208 valence electrons. The lowest BCUT2D eigenvalue weighted by atomic mass is 9.86. The molecule has 10 heteroatoms. The number of sulfone groups is 1. The number of alkyl halides is 1. The lowest BCUT2D eigenvalue weighted by Gasteiger charge is -2.48.